The maximum Gasteiger partial charge on any atom is 0.241 e. The molecule has 30 heavy (non-hydrogen) atoms. The van der Waals surface area contributed by atoms with Gasteiger partial charge in [-0.05, 0) is 56.7 Å². The number of hydrogen-bond acceptors (Lipinski definition) is 5. The average Bonchev–Trinajstić information content (AvgIpc) is 3.35. The zero-order valence-electron chi connectivity index (χ0n) is 16.9. The summed E-state index contributed by atoms with van der Waals surface area (Å²) in [5.41, 5.74) is 1.31. The fraction of sp³-hybridized carbons (Fsp3) is 0.318. The van der Waals surface area contributed by atoms with E-state index in [1.165, 1.54) is 12.1 Å². The maximum atomic E-state index is 12.8. The van der Waals surface area contributed by atoms with Gasteiger partial charge in [0.2, 0.25) is 15.9 Å². The van der Waals surface area contributed by atoms with Crippen molar-refractivity contribution < 1.29 is 22.4 Å². The van der Waals surface area contributed by atoms with E-state index in [4.69, 9.17) is 9.15 Å². The largest absolute Gasteiger partial charge is 0.490 e. The number of nitrogens with one attached hydrogen (secondary N) is 1. The first kappa shape index (κ1) is 20.4. The predicted octanol–water partition coefficient (Wildman–Crippen LogP) is 4.00. The summed E-state index contributed by atoms with van der Waals surface area (Å²) < 4.78 is 39.8. The van der Waals surface area contributed by atoms with Gasteiger partial charge in [-0.3, -0.25) is 4.79 Å². The van der Waals surface area contributed by atoms with Crippen molar-refractivity contribution in [3.05, 3.63) is 54.3 Å². The second-order valence-corrected chi connectivity index (χ2v) is 8.96. The lowest BCUT2D eigenvalue weighted by atomic mass is 10.2. The van der Waals surface area contributed by atoms with E-state index in [1.807, 2.05) is 31.2 Å². The number of carbonyl (C=O) groups is 1. The number of anilines is 1. The van der Waals surface area contributed by atoms with E-state index in [0.29, 0.717) is 42.4 Å². The summed E-state index contributed by atoms with van der Waals surface area (Å²) in [5.74, 6) is 1.19. The third-order valence-corrected chi connectivity index (χ3v) is 6.67. The van der Waals surface area contributed by atoms with Crippen LogP contribution in [0.3, 0.4) is 0 Å². The van der Waals surface area contributed by atoms with E-state index in [0.717, 1.165) is 11.8 Å². The normalized spacial score (nSPS) is 15.7. The lowest BCUT2D eigenvalue weighted by Crippen LogP contribution is -2.27. The number of carbonyl (C=O) groups excluding carboxylic acids is 1. The molecule has 1 aliphatic rings. The molecule has 2 aromatic carbocycles. The number of furan rings is 1. The molecule has 7 nitrogen and oxygen atoms in total. The Balaban J connectivity index is 1.53. The van der Waals surface area contributed by atoms with Crippen molar-refractivity contribution in [1.29, 1.82) is 0 Å². The van der Waals surface area contributed by atoms with Crippen LogP contribution in [0.2, 0.25) is 0 Å². The van der Waals surface area contributed by atoms with Crippen molar-refractivity contribution in [3.63, 3.8) is 0 Å². The minimum atomic E-state index is -3.76. The van der Waals surface area contributed by atoms with E-state index in [9.17, 15) is 13.2 Å². The highest BCUT2D eigenvalue weighted by molar-refractivity contribution is 7.89. The molecule has 0 saturated carbocycles. The number of rotatable bonds is 7. The Hall–Kier alpha value is -2.84. The van der Waals surface area contributed by atoms with E-state index < -0.39 is 16.1 Å². The minimum absolute atomic E-state index is 0.0636. The Morgan fingerprint density at radius 2 is 1.97 bits per heavy atom. The summed E-state index contributed by atoms with van der Waals surface area (Å²) in [4.78, 5) is 13.7. The van der Waals surface area contributed by atoms with Crippen molar-refractivity contribution in [2.24, 2.45) is 0 Å². The highest BCUT2D eigenvalue weighted by atomic mass is 32.2. The SMILES string of the molecule is CCOc1cccc2cc([C@H](C)NS(=O)(=O)c3ccc(N4CCCC4=O)cc3)oc12. The van der Waals surface area contributed by atoms with Crippen LogP contribution in [0.5, 0.6) is 5.75 Å². The molecule has 1 aromatic heterocycles. The summed E-state index contributed by atoms with van der Waals surface area (Å²) in [5, 5.41) is 0.849. The van der Waals surface area contributed by atoms with E-state index in [2.05, 4.69) is 4.72 Å². The van der Waals surface area contributed by atoms with Crippen molar-refractivity contribution in [1.82, 2.24) is 4.72 Å². The first-order valence-corrected chi connectivity index (χ1v) is 11.5. The number of fused-ring (bicyclic) bond motifs is 1. The first-order valence-electron chi connectivity index (χ1n) is 9.97. The first-order chi connectivity index (χ1) is 14.4. The van der Waals surface area contributed by atoms with Crippen LogP contribution >= 0.6 is 0 Å². The topological polar surface area (TPSA) is 88.9 Å². The molecular formula is C22H24N2O5S. The third kappa shape index (κ3) is 3.93. The van der Waals surface area contributed by atoms with Crippen LogP contribution in [0.1, 0.15) is 38.5 Å². The van der Waals surface area contributed by atoms with Crippen LogP contribution in [-0.2, 0) is 14.8 Å². The van der Waals surface area contributed by atoms with Crippen LogP contribution < -0.4 is 14.4 Å². The van der Waals surface area contributed by atoms with Crippen LogP contribution in [0.25, 0.3) is 11.0 Å². The third-order valence-electron chi connectivity index (χ3n) is 5.12. The number of benzene rings is 2. The molecule has 0 unspecified atom stereocenters. The molecule has 158 valence electrons. The highest BCUT2D eigenvalue weighted by Crippen LogP contribution is 2.32. The summed E-state index contributed by atoms with van der Waals surface area (Å²) in [6.45, 7) is 4.80. The lowest BCUT2D eigenvalue weighted by molar-refractivity contribution is -0.117. The van der Waals surface area contributed by atoms with Crippen LogP contribution in [0, 0.1) is 0 Å². The Morgan fingerprint density at radius 3 is 2.63 bits per heavy atom. The average molecular weight is 429 g/mol. The van der Waals surface area contributed by atoms with Gasteiger partial charge in [0.15, 0.2) is 11.3 Å². The van der Waals surface area contributed by atoms with Gasteiger partial charge in [0.05, 0.1) is 17.5 Å². The predicted molar refractivity (Wildman–Crippen MR) is 114 cm³/mol. The van der Waals surface area contributed by atoms with Gasteiger partial charge in [-0.1, -0.05) is 12.1 Å². The Bertz CT molecular complexity index is 1170. The lowest BCUT2D eigenvalue weighted by Gasteiger charge is -2.16. The van der Waals surface area contributed by atoms with Gasteiger partial charge in [0.25, 0.3) is 0 Å². The number of hydrogen-bond donors (Lipinski definition) is 1. The second kappa shape index (κ2) is 8.12. The maximum absolute atomic E-state index is 12.8. The molecule has 8 heteroatoms. The molecule has 1 aliphatic heterocycles. The van der Waals surface area contributed by atoms with E-state index in [1.54, 1.807) is 24.0 Å². The quantitative estimate of drug-likeness (QED) is 0.614. The van der Waals surface area contributed by atoms with Gasteiger partial charge >= 0.3 is 0 Å². The molecule has 0 aliphatic carbocycles. The van der Waals surface area contributed by atoms with Crippen molar-refractivity contribution >= 4 is 32.6 Å². The molecule has 1 N–H and O–H groups in total. The van der Waals surface area contributed by atoms with Crippen LogP contribution in [0.15, 0.2) is 57.8 Å². The monoisotopic (exact) mass is 428 g/mol. The smallest absolute Gasteiger partial charge is 0.241 e. The van der Waals surface area contributed by atoms with Crippen molar-refractivity contribution in [3.8, 4) is 5.75 Å². The van der Waals surface area contributed by atoms with Gasteiger partial charge in [-0.2, -0.15) is 0 Å². The molecule has 0 radical (unpaired) electrons. The molecular weight excluding hydrogens is 404 g/mol. The molecule has 3 aromatic rings. The van der Waals surface area contributed by atoms with Gasteiger partial charge in [-0.25, -0.2) is 13.1 Å². The van der Waals surface area contributed by atoms with Crippen LogP contribution in [-0.4, -0.2) is 27.5 Å². The minimum Gasteiger partial charge on any atom is -0.490 e. The highest BCUT2D eigenvalue weighted by Gasteiger charge is 2.24. The Morgan fingerprint density at radius 1 is 1.20 bits per heavy atom. The van der Waals surface area contributed by atoms with E-state index >= 15 is 0 Å². The van der Waals surface area contributed by atoms with Gasteiger partial charge in [0, 0.05) is 24.0 Å². The van der Waals surface area contributed by atoms with E-state index in [-0.39, 0.29) is 10.8 Å². The molecule has 0 spiro atoms. The fourth-order valence-electron chi connectivity index (χ4n) is 3.62. The molecule has 1 amide bonds. The molecule has 0 bridgehead atoms. The van der Waals surface area contributed by atoms with Gasteiger partial charge in [-0.15, -0.1) is 0 Å². The number of amides is 1. The summed E-state index contributed by atoms with van der Waals surface area (Å²) in [7, 11) is -3.76. The second-order valence-electron chi connectivity index (χ2n) is 7.24. The van der Waals surface area contributed by atoms with Crippen LogP contribution in [0.4, 0.5) is 5.69 Å². The number of para-hydroxylation sites is 1. The Labute approximate surface area is 175 Å². The van der Waals surface area contributed by atoms with Gasteiger partial charge < -0.3 is 14.1 Å². The standard InChI is InChI=1S/C22H24N2O5S/c1-3-28-19-7-4-6-16-14-20(29-22(16)19)15(2)23-30(26,27)18-11-9-17(10-12-18)24-13-5-8-21(24)25/h4,6-7,9-12,14-15,23H,3,5,8,13H2,1-2H3/t15-/m0/s1. The number of sulfonamides is 1. The molecule has 1 fully saturated rings. The molecule has 1 atom stereocenters. The number of nitrogens with zero attached hydrogens (tertiary/aromatic N) is 1. The number of ether oxygens (including phenoxy) is 1. The van der Waals surface area contributed by atoms with Crippen molar-refractivity contribution in [2.45, 2.75) is 37.6 Å². The van der Waals surface area contributed by atoms with Crippen molar-refractivity contribution in [2.75, 3.05) is 18.1 Å². The Kier molecular flexibility index (Phi) is 5.53. The fourth-order valence-corrected chi connectivity index (χ4v) is 4.84. The zero-order valence-corrected chi connectivity index (χ0v) is 17.7. The summed E-state index contributed by atoms with van der Waals surface area (Å²) in [6.07, 6.45) is 1.35. The molecule has 2 heterocycles. The van der Waals surface area contributed by atoms with Gasteiger partial charge in [0.1, 0.15) is 5.76 Å². The summed E-state index contributed by atoms with van der Waals surface area (Å²) >= 11 is 0. The summed E-state index contributed by atoms with van der Waals surface area (Å²) in [6, 6.07) is 13.2. The zero-order chi connectivity index (χ0) is 21.3. The molecule has 1 saturated heterocycles. The molecule has 4 rings (SSSR count).